The number of aryl methyl sites for hydroxylation is 1. The van der Waals surface area contributed by atoms with Crippen molar-refractivity contribution in [1.29, 1.82) is 0 Å². The molecule has 1 aliphatic carbocycles. The fourth-order valence-corrected chi connectivity index (χ4v) is 4.05. The molecule has 28 heavy (non-hydrogen) atoms. The average Bonchev–Trinajstić information content (AvgIpc) is 2.75. The number of para-hydroxylation sites is 1. The van der Waals surface area contributed by atoms with Crippen LogP contribution in [-0.4, -0.2) is 17.9 Å². The first-order chi connectivity index (χ1) is 13.7. The Bertz CT molecular complexity index is 1010. The number of rotatable bonds is 5. The highest BCUT2D eigenvalue weighted by atomic mass is 16.5. The molecule has 144 valence electrons. The SMILES string of the molecule is COc1ccc2ncc(C(=O)C3CCCCC3)c(Nc3ccccc3C)c2c1. The summed E-state index contributed by atoms with van der Waals surface area (Å²) in [6.45, 7) is 2.06. The number of ether oxygens (including phenoxy) is 1. The Morgan fingerprint density at radius 2 is 1.89 bits per heavy atom. The number of carbonyl (C=O) groups is 1. The van der Waals surface area contributed by atoms with E-state index >= 15 is 0 Å². The number of ketones is 1. The molecular formula is C24H26N2O2. The maximum atomic E-state index is 13.4. The summed E-state index contributed by atoms with van der Waals surface area (Å²) in [6.07, 6.45) is 7.17. The minimum Gasteiger partial charge on any atom is -0.497 e. The number of methoxy groups -OCH3 is 1. The molecule has 1 aromatic heterocycles. The van der Waals surface area contributed by atoms with Crippen LogP contribution in [0.2, 0.25) is 0 Å². The fourth-order valence-electron chi connectivity index (χ4n) is 4.05. The number of hydrogen-bond donors (Lipinski definition) is 1. The Hall–Kier alpha value is -2.88. The van der Waals surface area contributed by atoms with Crippen molar-refractivity contribution in [3.63, 3.8) is 0 Å². The van der Waals surface area contributed by atoms with Crippen LogP contribution in [-0.2, 0) is 0 Å². The number of nitrogens with zero attached hydrogens (tertiary/aromatic N) is 1. The molecule has 1 heterocycles. The third-order valence-electron chi connectivity index (χ3n) is 5.72. The number of anilines is 2. The van der Waals surface area contributed by atoms with E-state index in [9.17, 15) is 4.79 Å². The van der Waals surface area contributed by atoms with Crippen molar-refractivity contribution in [3.05, 3.63) is 59.8 Å². The maximum absolute atomic E-state index is 13.4. The maximum Gasteiger partial charge on any atom is 0.169 e. The number of nitrogens with one attached hydrogen (secondary N) is 1. The lowest BCUT2D eigenvalue weighted by Crippen LogP contribution is -2.19. The van der Waals surface area contributed by atoms with E-state index in [0.29, 0.717) is 5.56 Å². The zero-order valence-corrected chi connectivity index (χ0v) is 16.5. The molecule has 1 saturated carbocycles. The van der Waals surface area contributed by atoms with Crippen LogP contribution in [0.3, 0.4) is 0 Å². The molecule has 0 aliphatic heterocycles. The van der Waals surface area contributed by atoms with Crippen molar-refractivity contribution in [2.24, 2.45) is 5.92 Å². The Balaban J connectivity index is 1.85. The van der Waals surface area contributed by atoms with Crippen LogP contribution in [0, 0.1) is 12.8 Å². The lowest BCUT2D eigenvalue weighted by Gasteiger charge is -2.22. The highest BCUT2D eigenvalue weighted by Crippen LogP contribution is 2.36. The van der Waals surface area contributed by atoms with Crippen molar-refractivity contribution < 1.29 is 9.53 Å². The van der Waals surface area contributed by atoms with E-state index in [4.69, 9.17) is 4.74 Å². The van der Waals surface area contributed by atoms with Crippen LogP contribution in [0.4, 0.5) is 11.4 Å². The second-order valence-electron chi connectivity index (χ2n) is 7.57. The van der Waals surface area contributed by atoms with Crippen molar-refractivity contribution >= 4 is 28.1 Å². The van der Waals surface area contributed by atoms with Gasteiger partial charge in [-0.1, -0.05) is 37.5 Å². The largest absolute Gasteiger partial charge is 0.497 e. The molecule has 4 rings (SSSR count). The molecule has 0 unspecified atom stereocenters. The number of benzene rings is 2. The van der Waals surface area contributed by atoms with Gasteiger partial charge in [-0.05, 0) is 49.6 Å². The summed E-state index contributed by atoms with van der Waals surface area (Å²) >= 11 is 0. The quantitative estimate of drug-likeness (QED) is 0.552. The first-order valence-corrected chi connectivity index (χ1v) is 10.0. The highest BCUT2D eigenvalue weighted by molar-refractivity contribution is 6.10. The Kier molecular flexibility index (Phi) is 5.29. The van der Waals surface area contributed by atoms with E-state index in [2.05, 4.69) is 23.3 Å². The molecule has 0 bridgehead atoms. The molecule has 1 aliphatic rings. The lowest BCUT2D eigenvalue weighted by molar-refractivity contribution is 0.0890. The Morgan fingerprint density at radius 3 is 2.64 bits per heavy atom. The zero-order chi connectivity index (χ0) is 19.5. The molecule has 3 aromatic rings. The van der Waals surface area contributed by atoms with Gasteiger partial charge in [0.25, 0.3) is 0 Å². The summed E-state index contributed by atoms with van der Waals surface area (Å²) in [5, 5.41) is 4.45. The first kappa shape index (κ1) is 18.5. The van der Waals surface area contributed by atoms with Crippen molar-refractivity contribution in [2.75, 3.05) is 12.4 Å². The smallest absolute Gasteiger partial charge is 0.169 e. The van der Waals surface area contributed by atoms with Crippen molar-refractivity contribution in [3.8, 4) is 5.75 Å². The van der Waals surface area contributed by atoms with E-state index in [1.165, 1.54) is 6.42 Å². The van der Waals surface area contributed by atoms with Gasteiger partial charge in [-0.25, -0.2) is 0 Å². The van der Waals surface area contributed by atoms with Crippen LogP contribution in [0.25, 0.3) is 10.9 Å². The van der Waals surface area contributed by atoms with Gasteiger partial charge in [0.05, 0.1) is 23.9 Å². The molecule has 1 N–H and O–H groups in total. The summed E-state index contributed by atoms with van der Waals surface area (Å²) in [6, 6.07) is 13.9. The van der Waals surface area contributed by atoms with E-state index in [1.54, 1.807) is 13.3 Å². The van der Waals surface area contributed by atoms with Crippen LogP contribution in [0.1, 0.15) is 48.0 Å². The highest BCUT2D eigenvalue weighted by Gasteiger charge is 2.26. The van der Waals surface area contributed by atoms with Crippen LogP contribution in [0.5, 0.6) is 5.75 Å². The van der Waals surface area contributed by atoms with Crippen molar-refractivity contribution in [1.82, 2.24) is 4.98 Å². The number of hydrogen-bond acceptors (Lipinski definition) is 4. The van der Waals surface area contributed by atoms with Gasteiger partial charge < -0.3 is 10.1 Å². The molecule has 0 saturated heterocycles. The van der Waals surface area contributed by atoms with Gasteiger partial charge in [-0.15, -0.1) is 0 Å². The molecule has 0 radical (unpaired) electrons. The topological polar surface area (TPSA) is 51.2 Å². The molecule has 0 atom stereocenters. The summed E-state index contributed by atoms with van der Waals surface area (Å²) in [5.74, 6) is 1.05. The van der Waals surface area contributed by atoms with Gasteiger partial charge in [0.2, 0.25) is 0 Å². The number of fused-ring (bicyclic) bond motifs is 1. The molecule has 4 heteroatoms. The molecule has 4 nitrogen and oxygen atoms in total. The minimum atomic E-state index is 0.0935. The van der Waals surface area contributed by atoms with E-state index in [-0.39, 0.29) is 11.7 Å². The third kappa shape index (κ3) is 3.59. The summed E-state index contributed by atoms with van der Waals surface area (Å²) in [5.41, 5.74) is 4.48. The normalized spacial score (nSPS) is 14.8. The van der Waals surface area contributed by atoms with Gasteiger partial charge >= 0.3 is 0 Å². The van der Waals surface area contributed by atoms with Gasteiger partial charge in [-0.2, -0.15) is 0 Å². The molecular weight excluding hydrogens is 348 g/mol. The molecule has 1 fully saturated rings. The number of aromatic nitrogens is 1. The minimum absolute atomic E-state index is 0.0935. The van der Waals surface area contributed by atoms with Crippen LogP contribution in [0.15, 0.2) is 48.7 Å². The van der Waals surface area contributed by atoms with Gasteiger partial charge in [0.15, 0.2) is 5.78 Å². The second kappa shape index (κ2) is 8.01. The predicted molar refractivity (Wildman–Crippen MR) is 114 cm³/mol. The predicted octanol–water partition coefficient (Wildman–Crippen LogP) is 6.06. The average molecular weight is 374 g/mol. The monoisotopic (exact) mass is 374 g/mol. The van der Waals surface area contributed by atoms with Crippen LogP contribution < -0.4 is 10.1 Å². The summed E-state index contributed by atoms with van der Waals surface area (Å²) < 4.78 is 5.43. The van der Waals surface area contributed by atoms with Crippen LogP contribution >= 0.6 is 0 Å². The van der Waals surface area contributed by atoms with Gasteiger partial charge in [0, 0.05) is 23.2 Å². The molecule has 2 aromatic carbocycles. The number of pyridine rings is 1. The fraction of sp³-hybridized carbons (Fsp3) is 0.333. The zero-order valence-electron chi connectivity index (χ0n) is 16.5. The van der Waals surface area contributed by atoms with Gasteiger partial charge in [-0.3, -0.25) is 9.78 Å². The third-order valence-corrected chi connectivity index (χ3v) is 5.72. The van der Waals surface area contributed by atoms with E-state index in [1.807, 2.05) is 36.4 Å². The summed E-state index contributed by atoms with van der Waals surface area (Å²) in [4.78, 5) is 18.0. The van der Waals surface area contributed by atoms with E-state index < -0.39 is 0 Å². The van der Waals surface area contributed by atoms with E-state index in [0.717, 1.165) is 59.3 Å². The number of Topliss-reactive ketones (excluding diaryl/α,β-unsaturated/α-hetero) is 1. The standard InChI is InChI=1S/C24H26N2O2/c1-16-8-6-7-11-21(16)26-23-19-14-18(28-2)12-13-22(19)25-15-20(23)24(27)17-9-4-3-5-10-17/h6-8,11-15,17H,3-5,9-10H2,1-2H3,(H,25,26). The lowest BCUT2D eigenvalue weighted by atomic mass is 9.83. The molecule has 0 amide bonds. The summed E-state index contributed by atoms with van der Waals surface area (Å²) in [7, 11) is 1.65. The first-order valence-electron chi connectivity index (χ1n) is 10.0. The Morgan fingerprint density at radius 1 is 1.11 bits per heavy atom. The van der Waals surface area contributed by atoms with Crippen molar-refractivity contribution in [2.45, 2.75) is 39.0 Å². The van der Waals surface area contributed by atoms with Gasteiger partial charge in [0.1, 0.15) is 5.75 Å². The molecule has 0 spiro atoms. The Labute approximate surface area is 165 Å². The second-order valence-corrected chi connectivity index (χ2v) is 7.57. The number of carbonyl (C=O) groups excluding carboxylic acids is 1.